The zero-order valence-corrected chi connectivity index (χ0v) is 20.0. The van der Waals surface area contributed by atoms with Crippen LogP contribution in [0.2, 0.25) is 0 Å². The summed E-state index contributed by atoms with van der Waals surface area (Å²) in [4.78, 5) is 24.9. The molecule has 34 heavy (non-hydrogen) atoms. The number of ether oxygens (including phenoxy) is 1. The second-order valence-corrected chi connectivity index (χ2v) is 10.0. The molecule has 1 aliphatic rings. The predicted octanol–water partition coefficient (Wildman–Crippen LogP) is 1.96. The van der Waals surface area contributed by atoms with Gasteiger partial charge in [0.2, 0.25) is 15.9 Å². The Hall–Kier alpha value is -3.19. The lowest BCUT2D eigenvalue weighted by molar-refractivity contribution is -0.142. The van der Waals surface area contributed by atoms with Crippen LogP contribution in [0.5, 0.6) is 0 Å². The van der Waals surface area contributed by atoms with E-state index >= 15 is 0 Å². The van der Waals surface area contributed by atoms with Crippen LogP contribution in [0.3, 0.4) is 0 Å². The maximum absolute atomic E-state index is 13.1. The van der Waals surface area contributed by atoms with Gasteiger partial charge < -0.3 is 15.2 Å². The van der Waals surface area contributed by atoms with Gasteiger partial charge in [-0.1, -0.05) is 41.7 Å². The van der Waals surface area contributed by atoms with Crippen molar-refractivity contribution >= 4 is 21.9 Å². The molecule has 0 saturated carbocycles. The number of hydrogen-bond donors (Lipinski definition) is 2. The summed E-state index contributed by atoms with van der Waals surface area (Å²) in [5.74, 6) is 3.97. The molecule has 0 spiro atoms. The van der Waals surface area contributed by atoms with E-state index in [1.165, 1.54) is 16.4 Å². The number of carbonyl (C=O) groups is 2. The van der Waals surface area contributed by atoms with E-state index < -0.39 is 34.0 Å². The zero-order chi connectivity index (χ0) is 24.7. The van der Waals surface area contributed by atoms with Crippen LogP contribution in [-0.2, 0) is 30.8 Å². The molecular formula is C25H28N2O6S. The summed E-state index contributed by atoms with van der Waals surface area (Å²) in [6.07, 6.45) is 0.912. The number of amides is 1. The van der Waals surface area contributed by atoms with Crippen LogP contribution in [0.25, 0.3) is 0 Å². The van der Waals surface area contributed by atoms with Gasteiger partial charge in [-0.2, -0.15) is 4.31 Å². The number of carbonyl (C=O) groups excluding carboxylic acids is 1. The van der Waals surface area contributed by atoms with Gasteiger partial charge in [0.05, 0.1) is 4.90 Å². The van der Waals surface area contributed by atoms with Crippen molar-refractivity contribution in [3.63, 3.8) is 0 Å². The van der Waals surface area contributed by atoms with Crippen LogP contribution >= 0.6 is 0 Å². The van der Waals surface area contributed by atoms with Gasteiger partial charge in [0.25, 0.3) is 0 Å². The van der Waals surface area contributed by atoms with Crippen molar-refractivity contribution < 1.29 is 27.9 Å². The molecule has 0 bridgehead atoms. The first-order valence-electron chi connectivity index (χ1n) is 10.9. The van der Waals surface area contributed by atoms with Gasteiger partial charge >= 0.3 is 5.97 Å². The van der Waals surface area contributed by atoms with Crippen LogP contribution < -0.4 is 5.32 Å². The third-order valence-corrected chi connectivity index (χ3v) is 7.51. The Labute approximate surface area is 200 Å². The highest BCUT2D eigenvalue weighted by atomic mass is 32.2. The van der Waals surface area contributed by atoms with Crippen molar-refractivity contribution in [3.8, 4) is 11.8 Å². The Bertz CT molecular complexity index is 1180. The van der Waals surface area contributed by atoms with Gasteiger partial charge in [0.15, 0.2) is 0 Å². The van der Waals surface area contributed by atoms with Gasteiger partial charge in [0.1, 0.15) is 18.7 Å². The Morgan fingerprint density at radius 2 is 1.85 bits per heavy atom. The number of benzene rings is 2. The Morgan fingerprint density at radius 3 is 2.47 bits per heavy atom. The molecule has 2 aromatic rings. The predicted molar refractivity (Wildman–Crippen MR) is 127 cm³/mol. The van der Waals surface area contributed by atoms with E-state index in [4.69, 9.17) is 4.74 Å². The number of nitrogens with zero attached hydrogens (tertiary/aromatic N) is 1. The SMILES string of the molecule is COCC#Cc1ccc(C[C@H](NC(=O)[C@@H]2CCCN2S(=O)(=O)c2ccc(C)cc2)C(=O)O)cc1. The van der Waals surface area contributed by atoms with E-state index in [-0.39, 0.29) is 17.9 Å². The van der Waals surface area contributed by atoms with Crippen LogP contribution in [0.1, 0.15) is 29.5 Å². The fourth-order valence-electron chi connectivity index (χ4n) is 3.77. The van der Waals surface area contributed by atoms with E-state index in [9.17, 15) is 23.1 Å². The van der Waals surface area contributed by atoms with Gasteiger partial charge in [-0.25, -0.2) is 13.2 Å². The minimum atomic E-state index is -3.88. The number of carboxylic acid groups (broad SMARTS) is 1. The van der Waals surface area contributed by atoms with Gasteiger partial charge in [-0.05, 0) is 49.6 Å². The van der Waals surface area contributed by atoms with Gasteiger partial charge in [0, 0.05) is 25.6 Å². The number of hydrogen-bond acceptors (Lipinski definition) is 5. The van der Waals surface area contributed by atoms with Crippen LogP contribution in [0, 0.1) is 18.8 Å². The molecule has 8 nitrogen and oxygen atoms in total. The van der Waals surface area contributed by atoms with Crippen molar-refractivity contribution in [2.75, 3.05) is 20.3 Å². The Kier molecular flexibility index (Phi) is 8.45. The average Bonchev–Trinajstić information content (AvgIpc) is 3.31. The number of carboxylic acids is 1. The van der Waals surface area contributed by atoms with Crippen LogP contribution in [-0.4, -0.2) is 62.1 Å². The number of methoxy groups -OCH3 is 1. The molecule has 1 amide bonds. The summed E-state index contributed by atoms with van der Waals surface area (Å²) in [5.41, 5.74) is 2.40. The molecule has 1 aliphatic heterocycles. The van der Waals surface area contributed by atoms with E-state index in [2.05, 4.69) is 17.2 Å². The monoisotopic (exact) mass is 484 g/mol. The molecule has 9 heteroatoms. The summed E-state index contributed by atoms with van der Waals surface area (Å²) in [6.45, 7) is 2.38. The topological polar surface area (TPSA) is 113 Å². The molecule has 0 aliphatic carbocycles. The normalized spacial score (nSPS) is 16.9. The minimum absolute atomic E-state index is 0.0598. The number of sulfonamides is 1. The molecule has 1 heterocycles. The van der Waals surface area contributed by atoms with E-state index in [1.54, 1.807) is 43.5 Å². The quantitative estimate of drug-likeness (QED) is 0.554. The van der Waals surface area contributed by atoms with E-state index in [0.29, 0.717) is 25.0 Å². The Balaban J connectivity index is 1.70. The van der Waals surface area contributed by atoms with Crippen molar-refractivity contribution in [3.05, 3.63) is 65.2 Å². The summed E-state index contributed by atoms with van der Waals surface area (Å²) < 4.78 is 32.3. The van der Waals surface area contributed by atoms with E-state index in [0.717, 1.165) is 11.1 Å². The van der Waals surface area contributed by atoms with Crippen molar-refractivity contribution in [2.45, 2.75) is 43.2 Å². The lowest BCUT2D eigenvalue weighted by Gasteiger charge is -2.25. The lowest BCUT2D eigenvalue weighted by Crippen LogP contribution is -2.51. The molecule has 1 fully saturated rings. The molecule has 3 rings (SSSR count). The fourth-order valence-corrected chi connectivity index (χ4v) is 5.43. The minimum Gasteiger partial charge on any atom is -0.480 e. The first-order valence-corrected chi connectivity index (χ1v) is 12.3. The maximum Gasteiger partial charge on any atom is 0.326 e. The lowest BCUT2D eigenvalue weighted by atomic mass is 10.0. The second-order valence-electron chi connectivity index (χ2n) is 8.12. The van der Waals surface area contributed by atoms with Crippen LogP contribution in [0.15, 0.2) is 53.4 Å². The third kappa shape index (κ3) is 6.23. The number of rotatable bonds is 8. The number of aliphatic carboxylic acids is 1. The zero-order valence-electron chi connectivity index (χ0n) is 19.2. The Morgan fingerprint density at radius 1 is 1.18 bits per heavy atom. The molecule has 2 N–H and O–H groups in total. The maximum atomic E-state index is 13.1. The highest BCUT2D eigenvalue weighted by molar-refractivity contribution is 7.89. The summed E-state index contributed by atoms with van der Waals surface area (Å²) in [6, 6.07) is 11.3. The molecule has 180 valence electrons. The highest BCUT2D eigenvalue weighted by Crippen LogP contribution is 2.26. The van der Waals surface area contributed by atoms with Crippen LogP contribution in [0.4, 0.5) is 0 Å². The highest BCUT2D eigenvalue weighted by Gasteiger charge is 2.40. The molecule has 0 radical (unpaired) electrons. The molecule has 2 atom stereocenters. The van der Waals surface area contributed by atoms with Crippen molar-refractivity contribution in [2.24, 2.45) is 0 Å². The second kappa shape index (κ2) is 11.3. The smallest absolute Gasteiger partial charge is 0.326 e. The van der Waals surface area contributed by atoms with Gasteiger partial charge in [-0.3, -0.25) is 4.79 Å². The molecular weight excluding hydrogens is 456 g/mol. The van der Waals surface area contributed by atoms with Crippen molar-refractivity contribution in [1.82, 2.24) is 9.62 Å². The number of nitrogens with one attached hydrogen (secondary N) is 1. The molecule has 1 saturated heterocycles. The average molecular weight is 485 g/mol. The third-order valence-electron chi connectivity index (χ3n) is 5.59. The summed E-state index contributed by atoms with van der Waals surface area (Å²) in [5, 5.41) is 12.2. The summed E-state index contributed by atoms with van der Waals surface area (Å²) >= 11 is 0. The van der Waals surface area contributed by atoms with Crippen molar-refractivity contribution in [1.29, 1.82) is 0 Å². The molecule has 2 aromatic carbocycles. The first kappa shape index (κ1) is 25.4. The summed E-state index contributed by atoms with van der Waals surface area (Å²) in [7, 11) is -2.32. The standard InChI is InChI=1S/C25H28N2O6S/c1-18-7-13-21(14-8-18)34(31,32)27-15-3-6-23(27)24(28)26-22(25(29)30)17-20-11-9-19(10-12-20)5-4-16-33-2/h7-14,22-23H,3,6,15-17H2,1-2H3,(H,26,28)(H,29,30)/t22-,23-/m0/s1. The molecule has 0 aromatic heterocycles. The molecule has 0 unspecified atom stereocenters. The fraction of sp³-hybridized carbons (Fsp3) is 0.360. The van der Waals surface area contributed by atoms with E-state index in [1.807, 2.05) is 6.92 Å². The largest absolute Gasteiger partial charge is 0.480 e. The number of aryl methyl sites for hydroxylation is 1. The first-order chi connectivity index (χ1) is 16.2. The van der Waals surface area contributed by atoms with Gasteiger partial charge in [-0.15, -0.1) is 0 Å².